The summed E-state index contributed by atoms with van der Waals surface area (Å²) in [5.41, 5.74) is 3.43. The van der Waals surface area contributed by atoms with E-state index in [9.17, 15) is 4.79 Å². The van der Waals surface area contributed by atoms with Gasteiger partial charge in [-0.25, -0.2) is 10.5 Å². The van der Waals surface area contributed by atoms with Crippen molar-refractivity contribution in [3.63, 3.8) is 0 Å². The maximum absolute atomic E-state index is 11.9. The molecule has 1 amide bonds. The van der Waals surface area contributed by atoms with E-state index in [2.05, 4.69) is 10.5 Å². The summed E-state index contributed by atoms with van der Waals surface area (Å²) in [6.45, 7) is 4.56. The van der Waals surface area contributed by atoms with Crippen LogP contribution in [0.25, 0.3) is 15.3 Å². The van der Waals surface area contributed by atoms with Crippen LogP contribution in [0.3, 0.4) is 0 Å². The summed E-state index contributed by atoms with van der Waals surface area (Å²) in [5.74, 6) is 0.167. The smallest absolute Gasteiger partial charge is 0.285 e. The first kappa shape index (κ1) is 12.6. The Kier molecular flexibility index (Phi) is 3.26. The molecular weight excluding hydrogens is 282 g/mol. The topological polar surface area (TPSA) is 55.6 Å². The first-order chi connectivity index (χ1) is 9.15. The van der Waals surface area contributed by atoms with Crippen LogP contribution in [0.15, 0.2) is 17.6 Å². The van der Waals surface area contributed by atoms with Crippen LogP contribution in [-0.4, -0.2) is 21.9 Å². The van der Waals surface area contributed by atoms with E-state index in [0.717, 1.165) is 15.3 Å². The van der Waals surface area contributed by atoms with Gasteiger partial charge in [-0.1, -0.05) is 13.8 Å². The lowest BCUT2D eigenvalue weighted by molar-refractivity contribution is 0.0212. The Morgan fingerprint density at radius 3 is 3.21 bits per heavy atom. The van der Waals surface area contributed by atoms with Gasteiger partial charge in [0, 0.05) is 11.6 Å². The van der Waals surface area contributed by atoms with Crippen molar-refractivity contribution in [3.05, 3.63) is 22.5 Å². The molecule has 0 saturated carbocycles. The molecule has 0 bridgehead atoms. The van der Waals surface area contributed by atoms with Gasteiger partial charge >= 0.3 is 0 Å². The second-order valence-electron chi connectivity index (χ2n) is 4.60. The van der Waals surface area contributed by atoms with E-state index in [1.54, 1.807) is 11.3 Å². The fourth-order valence-corrected chi connectivity index (χ4v) is 3.37. The second kappa shape index (κ2) is 4.92. The third-order valence-corrected chi connectivity index (χ3v) is 4.32. The molecule has 3 aromatic rings. The number of hydrogen-bond donors (Lipinski definition) is 1. The Hall–Kier alpha value is -1.44. The Morgan fingerprint density at radius 2 is 2.42 bits per heavy atom. The quantitative estimate of drug-likeness (QED) is 0.753. The number of nitrogens with one attached hydrogen (secondary N) is 1. The molecular formula is C12H13N3O2S2. The first-order valence-electron chi connectivity index (χ1n) is 5.92. The molecule has 3 rings (SSSR count). The van der Waals surface area contributed by atoms with Crippen molar-refractivity contribution in [2.24, 2.45) is 5.92 Å². The zero-order valence-corrected chi connectivity index (χ0v) is 12.2. The van der Waals surface area contributed by atoms with Gasteiger partial charge in [-0.2, -0.15) is 0 Å². The van der Waals surface area contributed by atoms with Gasteiger partial charge in [-0.15, -0.1) is 22.7 Å². The van der Waals surface area contributed by atoms with E-state index in [1.165, 1.54) is 11.3 Å². The number of amides is 1. The van der Waals surface area contributed by atoms with Gasteiger partial charge in [0.25, 0.3) is 5.91 Å². The SMILES string of the molecule is CC(C)CONC(=O)c1cc2c(nc3sccn32)s1. The summed E-state index contributed by atoms with van der Waals surface area (Å²) in [4.78, 5) is 23.9. The van der Waals surface area contributed by atoms with Crippen molar-refractivity contribution in [2.75, 3.05) is 6.61 Å². The molecule has 0 fully saturated rings. The standard InChI is InChI=1S/C12H13N3O2S2/c1-7(2)6-17-14-10(16)9-5-8-11(19-9)13-12-15(8)3-4-18-12/h3-5,7H,6H2,1-2H3,(H,14,16). The van der Waals surface area contributed by atoms with Crippen molar-refractivity contribution in [3.8, 4) is 0 Å². The number of aromatic nitrogens is 2. The Bertz CT molecular complexity index is 726. The van der Waals surface area contributed by atoms with Crippen molar-refractivity contribution in [1.82, 2.24) is 14.9 Å². The highest BCUT2D eigenvalue weighted by Gasteiger charge is 2.15. The Labute approximate surface area is 117 Å². The highest BCUT2D eigenvalue weighted by molar-refractivity contribution is 7.21. The van der Waals surface area contributed by atoms with Crippen LogP contribution >= 0.6 is 22.7 Å². The van der Waals surface area contributed by atoms with Crippen molar-refractivity contribution in [2.45, 2.75) is 13.8 Å². The average molecular weight is 295 g/mol. The van der Waals surface area contributed by atoms with Gasteiger partial charge < -0.3 is 0 Å². The van der Waals surface area contributed by atoms with Crippen LogP contribution in [0.4, 0.5) is 0 Å². The molecule has 0 saturated heterocycles. The van der Waals surface area contributed by atoms with Crippen molar-refractivity contribution < 1.29 is 9.63 Å². The molecule has 0 aromatic carbocycles. The maximum Gasteiger partial charge on any atom is 0.285 e. The summed E-state index contributed by atoms with van der Waals surface area (Å²) in [6, 6.07) is 1.85. The molecule has 100 valence electrons. The van der Waals surface area contributed by atoms with Gasteiger partial charge in [0.2, 0.25) is 0 Å². The van der Waals surface area contributed by atoms with E-state index in [0.29, 0.717) is 17.4 Å². The minimum absolute atomic E-state index is 0.215. The molecule has 0 spiro atoms. The molecule has 0 atom stereocenters. The van der Waals surface area contributed by atoms with Crippen LogP contribution in [0.1, 0.15) is 23.5 Å². The number of carbonyl (C=O) groups excluding carboxylic acids is 1. The first-order valence-corrected chi connectivity index (χ1v) is 7.62. The van der Waals surface area contributed by atoms with Crippen LogP contribution in [0.5, 0.6) is 0 Å². The summed E-state index contributed by atoms with van der Waals surface area (Å²) >= 11 is 2.96. The number of hydrogen-bond acceptors (Lipinski definition) is 5. The number of carbonyl (C=O) groups is 1. The predicted octanol–water partition coefficient (Wildman–Crippen LogP) is 2.93. The molecule has 0 radical (unpaired) electrons. The van der Waals surface area contributed by atoms with E-state index in [4.69, 9.17) is 4.84 Å². The zero-order chi connectivity index (χ0) is 13.4. The van der Waals surface area contributed by atoms with E-state index >= 15 is 0 Å². The van der Waals surface area contributed by atoms with Gasteiger partial charge in [0.15, 0.2) is 4.96 Å². The largest absolute Gasteiger partial charge is 0.289 e. The highest BCUT2D eigenvalue weighted by atomic mass is 32.1. The minimum Gasteiger partial charge on any atom is -0.289 e. The number of thiazole rings is 1. The number of imidazole rings is 1. The summed E-state index contributed by atoms with van der Waals surface area (Å²) in [5, 5.41) is 1.98. The van der Waals surface area contributed by atoms with Crippen LogP contribution in [-0.2, 0) is 4.84 Å². The maximum atomic E-state index is 11.9. The monoisotopic (exact) mass is 295 g/mol. The van der Waals surface area contributed by atoms with Crippen LogP contribution in [0, 0.1) is 5.92 Å². The van der Waals surface area contributed by atoms with Crippen molar-refractivity contribution >= 4 is 43.9 Å². The van der Waals surface area contributed by atoms with E-state index in [-0.39, 0.29) is 5.91 Å². The lowest BCUT2D eigenvalue weighted by Gasteiger charge is -2.06. The van der Waals surface area contributed by atoms with Crippen LogP contribution in [0.2, 0.25) is 0 Å². The molecule has 3 heterocycles. The average Bonchev–Trinajstić information content (AvgIpc) is 2.98. The Balaban J connectivity index is 1.80. The number of fused-ring (bicyclic) bond motifs is 3. The Morgan fingerprint density at radius 1 is 1.58 bits per heavy atom. The molecule has 3 aromatic heterocycles. The molecule has 1 N–H and O–H groups in total. The lowest BCUT2D eigenvalue weighted by atomic mass is 10.2. The molecule has 19 heavy (non-hydrogen) atoms. The third-order valence-electron chi connectivity index (χ3n) is 2.55. The molecule has 5 nitrogen and oxygen atoms in total. The highest BCUT2D eigenvalue weighted by Crippen LogP contribution is 2.28. The number of nitrogens with zero attached hydrogens (tertiary/aromatic N) is 2. The van der Waals surface area contributed by atoms with Gasteiger partial charge in [-0.3, -0.25) is 14.0 Å². The van der Waals surface area contributed by atoms with E-state index < -0.39 is 0 Å². The zero-order valence-electron chi connectivity index (χ0n) is 10.5. The number of hydroxylamine groups is 1. The fourth-order valence-electron chi connectivity index (χ4n) is 1.68. The number of thiophene rings is 1. The number of rotatable bonds is 4. The second-order valence-corrected chi connectivity index (χ2v) is 6.51. The van der Waals surface area contributed by atoms with Gasteiger partial charge in [0.05, 0.1) is 17.0 Å². The van der Waals surface area contributed by atoms with Crippen LogP contribution < -0.4 is 5.48 Å². The van der Waals surface area contributed by atoms with Gasteiger partial charge in [0.1, 0.15) is 4.83 Å². The summed E-state index contributed by atoms with van der Waals surface area (Å²) in [7, 11) is 0. The fraction of sp³-hybridized carbons (Fsp3) is 0.333. The predicted molar refractivity (Wildman–Crippen MR) is 76.7 cm³/mol. The molecule has 7 heteroatoms. The third kappa shape index (κ3) is 2.36. The van der Waals surface area contributed by atoms with Gasteiger partial charge in [-0.05, 0) is 12.0 Å². The normalized spacial score (nSPS) is 11.7. The lowest BCUT2D eigenvalue weighted by Crippen LogP contribution is -2.24. The molecule has 0 aliphatic heterocycles. The molecule has 0 aliphatic carbocycles. The minimum atomic E-state index is -0.215. The van der Waals surface area contributed by atoms with Crippen molar-refractivity contribution in [1.29, 1.82) is 0 Å². The summed E-state index contributed by atoms with van der Waals surface area (Å²) in [6.07, 6.45) is 1.96. The summed E-state index contributed by atoms with van der Waals surface area (Å²) < 4.78 is 1.99. The molecule has 0 unspecified atom stereocenters. The van der Waals surface area contributed by atoms with E-state index in [1.807, 2.05) is 35.9 Å². The molecule has 0 aliphatic rings.